The number of benzene rings is 1. The first-order chi connectivity index (χ1) is 8.49. The molecule has 18 heavy (non-hydrogen) atoms. The molecule has 0 saturated carbocycles. The lowest BCUT2D eigenvalue weighted by Gasteiger charge is -2.06. The summed E-state index contributed by atoms with van der Waals surface area (Å²) < 4.78 is 2.00. The molecule has 1 unspecified atom stereocenters. The third kappa shape index (κ3) is 2.26. The molecular weight excluding hydrogens is 230 g/mol. The van der Waals surface area contributed by atoms with Gasteiger partial charge in [0.2, 0.25) is 0 Å². The van der Waals surface area contributed by atoms with Crippen molar-refractivity contribution in [2.45, 2.75) is 13.0 Å². The number of nitrogens with zero attached hydrogens (tertiary/aromatic N) is 2. The first-order valence-electron chi connectivity index (χ1n) is 5.58. The van der Waals surface area contributed by atoms with Gasteiger partial charge in [-0.25, -0.2) is 9.78 Å². The fraction of sp³-hybridized carbons (Fsp3) is 0.231. The molecule has 0 amide bonds. The zero-order valence-corrected chi connectivity index (χ0v) is 10.3. The van der Waals surface area contributed by atoms with Crippen LogP contribution in [0.4, 0.5) is 0 Å². The Hall–Kier alpha value is -2.14. The molecule has 0 aliphatic rings. The number of carboxylic acid groups (broad SMARTS) is 1. The molecule has 1 aromatic heterocycles. The Balaban J connectivity index is 2.38. The Labute approximate surface area is 105 Å². The van der Waals surface area contributed by atoms with E-state index >= 15 is 0 Å². The number of aliphatic carboxylic acids is 1. The summed E-state index contributed by atoms with van der Waals surface area (Å²) in [5.41, 5.74) is 8.64. The van der Waals surface area contributed by atoms with Crippen LogP contribution in [0, 0.1) is 6.92 Å². The standard InChI is InChI=1S/C13H15N3O2/c1-8-15-11-7-9(3-5-12(11)16(8)2)10(14)4-6-13(17)18/h3-7,10H,14H2,1-2H3,(H,17,18)/b6-4+. The van der Waals surface area contributed by atoms with Gasteiger partial charge in [-0.3, -0.25) is 0 Å². The zero-order valence-electron chi connectivity index (χ0n) is 10.3. The maximum absolute atomic E-state index is 10.4. The van der Waals surface area contributed by atoms with Crippen molar-refractivity contribution in [3.8, 4) is 0 Å². The van der Waals surface area contributed by atoms with Gasteiger partial charge in [0.25, 0.3) is 0 Å². The van der Waals surface area contributed by atoms with Crippen LogP contribution in [-0.2, 0) is 11.8 Å². The molecule has 5 heteroatoms. The highest BCUT2D eigenvalue weighted by Crippen LogP contribution is 2.20. The maximum Gasteiger partial charge on any atom is 0.328 e. The Morgan fingerprint density at radius 2 is 2.28 bits per heavy atom. The Bertz CT molecular complexity index is 628. The molecule has 0 aliphatic heterocycles. The van der Waals surface area contributed by atoms with Crippen molar-refractivity contribution in [1.29, 1.82) is 0 Å². The average molecular weight is 245 g/mol. The van der Waals surface area contributed by atoms with Gasteiger partial charge in [-0.1, -0.05) is 12.1 Å². The molecule has 3 N–H and O–H groups in total. The van der Waals surface area contributed by atoms with Crippen LogP contribution in [-0.4, -0.2) is 20.6 Å². The first-order valence-corrected chi connectivity index (χ1v) is 5.58. The number of carboxylic acids is 1. The minimum atomic E-state index is -1.000. The summed E-state index contributed by atoms with van der Waals surface area (Å²) in [5.74, 6) is -0.0722. The number of fused-ring (bicyclic) bond motifs is 1. The molecule has 1 atom stereocenters. The van der Waals surface area contributed by atoms with Crippen LogP contribution in [0.15, 0.2) is 30.4 Å². The number of aryl methyl sites for hydroxylation is 2. The van der Waals surface area contributed by atoms with E-state index in [4.69, 9.17) is 10.8 Å². The maximum atomic E-state index is 10.4. The van der Waals surface area contributed by atoms with E-state index in [9.17, 15) is 4.79 Å². The molecule has 5 nitrogen and oxygen atoms in total. The van der Waals surface area contributed by atoms with Crippen LogP contribution in [0.1, 0.15) is 17.4 Å². The van der Waals surface area contributed by atoms with Crippen LogP contribution >= 0.6 is 0 Å². The molecule has 1 heterocycles. The van der Waals surface area contributed by atoms with Gasteiger partial charge in [-0.2, -0.15) is 0 Å². The van der Waals surface area contributed by atoms with E-state index in [-0.39, 0.29) is 0 Å². The summed E-state index contributed by atoms with van der Waals surface area (Å²) in [5, 5.41) is 8.56. The third-order valence-corrected chi connectivity index (χ3v) is 2.96. The van der Waals surface area contributed by atoms with Crippen LogP contribution in [0.25, 0.3) is 11.0 Å². The smallest absolute Gasteiger partial charge is 0.328 e. The van der Waals surface area contributed by atoms with Crippen LogP contribution < -0.4 is 5.73 Å². The highest BCUT2D eigenvalue weighted by atomic mass is 16.4. The summed E-state index contributed by atoms with van der Waals surface area (Å²) in [6.45, 7) is 1.93. The van der Waals surface area contributed by atoms with Gasteiger partial charge in [0.15, 0.2) is 0 Å². The second kappa shape index (κ2) is 4.62. The van der Waals surface area contributed by atoms with Gasteiger partial charge in [-0.15, -0.1) is 0 Å². The van der Waals surface area contributed by atoms with Gasteiger partial charge >= 0.3 is 5.97 Å². The van der Waals surface area contributed by atoms with E-state index in [0.717, 1.165) is 28.5 Å². The third-order valence-electron chi connectivity index (χ3n) is 2.96. The van der Waals surface area contributed by atoms with E-state index in [1.165, 1.54) is 6.08 Å². The van der Waals surface area contributed by atoms with Crippen molar-refractivity contribution in [2.24, 2.45) is 12.8 Å². The number of carbonyl (C=O) groups is 1. The van der Waals surface area contributed by atoms with E-state index in [2.05, 4.69) is 4.98 Å². The molecule has 1 aromatic carbocycles. The molecule has 0 fully saturated rings. The summed E-state index contributed by atoms with van der Waals surface area (Å²) in [7, 11) is 1.95. The Morgan fingerprint density at radius 1 is 1.56 bits per heavy atom. The van der Waals surface area contributed by atoms with Crippen molar-refractivity contribution in [1.82, 2.24) is 9.55 Å². The Morgan fingerprint density at radius 3 is 2.94 bits per heavy atom. The first kappa shape index (κ1) is 12.3. The lowest BCUT2D eigenvalue weighted by Crippen LogP contribution is -2.07. The predicted molar refractivity (Wildman–Crippen MR) is 69.2 cm³/mol. The second-order valence-corrected chi connectivity index (χ2v) is 4.19. The largest absolute Gasteiger partial charge is 0.478 e. The normalized spacial score (nSPS) is 13.3. The SMILES string of the molecule is Cc1nc2cc(C(N)/C=C/C(=O)O)ccc2n1C. The number of nitrogens with two attached hydrogens (primary N) is 1. The summed E-state index contributed by atoms with van der Waals surface area (Å²) in [6.07, 6.45) is 2.51. The van der Waals surface area contributed by atoms with Crippen molar-refractivity contribution in [3.05, 3.63) is 41.7 Å². The molecule has 0 spiro atoms. The molecule has 2 rings (SSSR count). The number of imidazole rings is 1. The van der Waals surface area contributed by atoms with E-state index < -0.39 is 12.0 Å². The van der Waals surface area contributed by atoms with Crippen LogP contribution in [0.5, 0.6) is 0 Å². The number of rotatable bonds is 3. The number of hydrogen-bond acceptors (Lipinski definition) is 3. The van der Waals surface area contributed by atoms with Gasteiger partial charge in [0.05, 0.1) is 11.0 Å². The minimum absolute atomic E-state index is 0.437. The monoisotopic (exact) mass is 245 g/mol. The van der Waals surface area contributed by atoms with E-state index in [1.54, 1.807) is 0 Å². The van der Waals surface area contributed by atoms with Crippen molar-refractivity contribution < 1.29 is 9.90 Å². The summed E-state index contributed by atoms with van der Waals surface area (Å²) in [6, 6.07) is 5.28. The molecule has 0 bridgehead atoms. The predicted octanol–water partition coefficient (Wildman–Crippen LogP) is 1.52. The van der Waals surface area contributed by atoms with Crippen molar-refractivity contribution >= 4 is 17.0 Å². The van der Waals surface area contributed by atoms with Gasteiger partial charge in [-0.05, 0) is 24.6 Å². The molecule has 0 aliphatic carbocycles. The molecule has 94 valence electrons. The second-order valence-electron chi connectivity index (χ2n) is 4.19. The van der Waals surface area contributed by atoms with Gasteiger partial charge < -0.3 is 15.4 Å². The molecule has 2 aromatic rings. The van der Waals surface area contributed by atoms with Crippen LogP contribution in [0.2, 0.25) is 0 Å². The fourth-order valence-electron chi connectivity index (χ4n) is 1.84. The number of hydrogen-bond donors (Lipinski definition) is 2. The minimum Gasteiger partial charge on any atom is -0.478 e. The molecule has 0 saturated heterocycles. The highest BCUT2D eigenvalue weighted by Gasteiger charge is 2.08. The molecular formula is C13H15N3O2. The molecule has 0 radical (unpaired) electrons. The zero-order chi connectivity index (χ0) is 13.3. The summed E-state index contributed by atoms with van der Waals surface area (Å²) >= 11 is 0. The lowest BCUT2D eigenvalue weighted by molar-refractivity contribution is -0.131. The summed E-state index contributed by atoms with van der Waals surface area (Å²) in [4.78, 5) is 14.9. The lowest BCUT2D eigenvalue weighted by atomic mass is 10.1. The fourth-order valence-corrected chi connectivity index (χ4v) is 1.84. The van der Waals surface area contributed by atoms with E-state index in [1.807, 2.05) is 36.7 Å². The van der Waals surface area contributed by atoms with Gasteiger partial charge in [0.1, 0.15) is 5.82 Å². The average Bonchev–Trinajstić information content (AvgIpc) is 2.61. The van der Waals surface area contributed by atoms with Crippen molar-refractivity contribution in [2.75, 3.05) is 0 Å². The Kier molecular flexibility index (Phi) is 3.16. The van der Waals surface area contributed by atoms with Crippen molar-refractivity contribution in [3.63, 3.8) is 0 Å². The highest BCUT2D eigenvalue weighted by molar-refractivity contribution is 5.80. The quantitative estimate of drug-likeness (QED) is 0.803. The van der Waals surface area contributed by atoms with E-state index in [0.29, 0.717) is 0 Å². The number of aromatic nitrogens is 2. The topological polar surface area (TPSA) is 81.1 Å². The van der Waals surface area contributed by atoms with Crippen LogP contribution in [0.3, 0.4) is 0 Å². The van der Waals surface area contributed by atoms with Gasteiger partial charge in [0, 0.05) is 19.2 Å².